The van der Waals surface area contributed by atoms with E-state index in [-0.39, 0.29) is 23.3 Å². The van der Waals surface area contributed by atoms with E-state index in [2.05, 4.69) is 9.83 Å². The summed E-state index contributed by atoms with van der Waals surface area (Å²) in [7, 11) is 1.65. The van der Waals surface area contributed by atoms with Crippen molar-refractivity contribution >= 4 is 23.1 Å². The lowest BCUT2D eigenvalue weighted by molar-refractivity contribution is 0.290. The van der Waals surface area contributed by atoms with Gasteiger partial charge in [0.25, 0.3) is 0 Å². The molecular formula is C10H11ClFN3O. The van der Waals surface area contributed by atoms with Crippen LogP contribution in [0.2, 0.25) is 5.15 Å². The third-order valence-electron chi connectivity index (χ3n) is 2.03. The van der Waals surface area contributed by atoms with Gasteiger partial charge in [-0.15, -0.1) is 0 Å². The lowest BCUT2D eigenvalue weighted by Crippen LogP contribution is -2.21. The zero-order valence-electron chi connectivity index (χ0n) is 8.74. The molecule has 0 aliphatic rings. The highest BCUT2D eigenvalue weighted by Crippen LogP contribution is 2.28. The molecule has 1 heterocycles. The van der Waals surface area contributed by atoms with Crippen molar-refractivity contribution in [1.29, 1.82) is 0 Å². The molecule has 0 aliphatic carbocycles. The molecule has 0 fully saturated rings. The molecular weight excluding hydrogens is 233 g/mol. The molecule has 6 heteroatoms. The number of aliphatic hydroxyl groups excluding tert-OH is 1. The summed E-state index contributed by atoms with van der Waals surface area (Å²) < 4.78 is 13.5. The van der Waals surface area contributed by atoms with Crippen LogP contribution in [-0.4, -0.2) is 30.3 Å². The van der Waals surface area contributed by atoms with Crippen LogP contribution in [0.5, 0.6) is 0 Å². The van der Waals surface area contributed by atoms with Gasteiger partial charge in [-0.05, 0) is 12.5 Å². The first-order valence-corrected chi connectivity index (χ1v) is 5.03. The Bertz CT molecular complexity index is 419. The van der Waals surface area contributed by atoms with Gasteiger partial charge in [-0.3, -0.25) is 0 Å². The predicted molar refractivity (Wildman–Crippen MR) is 60.4 cm³/mol. The highest BCUT2D eigenvalue weighted by Gasteiger charge is 2.13. The first kappa shape index (κ1) is 12.7. The molecule has 1 aromatic rings. The maximum Gasteiger partial charge on any atom is 0.226 e. The number of anilines is 1. The Hall–Kier alpha value is -1.38. The minimum absolute atomic E-state index is 0.00141. The van der Waals surface area contributed by atoms with E-state index in [9.17, 15) is 4.39 Å². The largest absolute Gasteiger partial charge is 0.396 e. The molecule has 0 amide bonds. The number of aliphatic hydroxyl groups is 1. The summed E-state index contributed by atoms with van der Waals surface area (Å²) in [6.07, 6.45) is 0.514. The van der Waals surface area contributed by atoms with Gasteiger partial charge in [-0.2, -0.15) is 0 Å². The number of nitrogens with zero attached hydrogens (tertiary/aromatic N) is 3. The van der Waals surface area contributed by atoms with E-state index in [1.54, 1.807) is 11.9 Å². The van der Waals surface area contributed by atoms with Crippen LogP contribution in [0.1, 0.15) is 6.42 Å². The van der Waals surface area contributed by atoms with Crippen molar-refractivity contribution in [3.8, 4) is 0 Å². The van der Waals surface area contributed by atoms with Crippen molar-refractivity contribution in [3.63, 3.8) is 0 Å². The van der Waals surface area contributed by atoms with Gasteiger partial charge < -0.3 is 10.0 Å². The zero-order valence-corrected chi connectivity index (χ0v) is 9.50. The second-order valence-electron chi connectivity index (χ2n) is 3.21. The van der Waals surface area contributed by atoms with Crippen LogP contribution in [0.25, 0.3) is 4.85 Å². The Morgan fingerprint density at radius 3 is 2.94 bits per heavy atom. The van der Waals surface area contributed by atoms with Gasteiger partial charge in [0.2, 0.25) is 5.69 Å². The van der Waals surface area contributed by atoms with E-state index in [1.165, 1.54) is 0 Å². The molecule has 0 aromatic carbocycles. The van der Waals surface area contributed by atoms with Gasteiger partial charge in [0, 0.05) is 20.2 Å². The molecule has 1 rings (SSSR count). The molecule has 86 valence electrons. The number of halogens is 2. The maximum absolute atomic E-state index is 13.5. The molecule has 0 atom stereocenters. The topological polar surface area (TPSA) is 40.7 Å². The Kier molecular flexibility index (Phi) is 4.47. The quantitative estimate of drug-likeness (QED) is 0.651. The molecule has 1 N–H and O–H groups in total. The van der Waals surface area contributed by atoms with Crippen LogP contribution < -0.4 is 4.90 Å². The number of pyridine rings is 1. The highest BCUT2D eigenvalue weighted by molar-refractivity contribution is 6.32. The molecule has 0 saturated carbocycles. The minimum atomic E-state index is -0.587. The summed E-state index contributed by atoms with van der Waals surface area (Å²) >= 11 is 5.71. The summed E-state index contributed by atoms with van der Waals surface area (Å²) in [5.41, 5.74) is -0.00141. The third-order valence-corrected chi connectivity index (χ3v) is 2.30. The van der Waals surface area contributed by atoms with Gasteiger partial charge in [-0.1, -0.05) is 11.6 Å². The standard InChI is InChI=1S/C10H11ClFN3O/c1-13-8-6-7(12)10(14-9(8)11)15(2)4-3-5-16/h6,16H,3-5H2,2H3. The number of hydrogen-bond donors (Lipinski definition) is 1. The molecule has 0 radical (unpaired) electrons. The van der Waals surface area contributed by atoms with E-state index in [0.717, 1.165) is 6.07 Å². The monoisotopic (exact) mass is 243 g/mol. The second-order valence-corrected chi connectivity index (χ2v) is 3.57. The first-order chi connectivity index (χ1) is 7.60. The molecule has 16 heavy (non-hydrogen) atoms. The van der Waals surface area contributed by atoms with Crippen LogP contribution in [0.15, 0.2) is 6.07 Å². The normalized spacial score (nSPS) is 9.94. The fourth-order valence-corrected chi connectivity index (χ4v) is 1.38. The summed E-state index contributed by atoms with van der Waals surface area (Å²) in [4.78, 5) is 8.41. The Morgan fingerprint density at radius 1 is 1.69 bits per heavy atom. The van der Waals surface area contributed by atoms with Crippen molar-refractivity contribution < 1.29 is 9.50 Å². The van der Waals surface area contributed by atoms with Crippen LogP contribution in [0.4, 0.5) is 15.9 Å². The average Bonchev–Trinajstić information content (AvgIpc) is 2.28. The van der Waals surface area contributed by atoms with E-state index < -0.39 is 5.82 Å². The van der Waals surface area contributed by atoms with Crippen LogP contribution in [-0.2, 0) is 0 Å². The average molecular weight is 244 g/mol. The second kappa shape index (κ2) is 5.64. The van der Waals surface area contributed by atoms with Crippen LogP contribution >= 0.6 is 11.6 Å². The van der Waals surface area contributed by atoms with Crippen molar-refractivity contribution in [2.45, 2.75) is 6.42 Å². The fraction of sp³-hybridized carbons (Fsp3) is 0.400. The molecule has 4 nitrogen and oxygen atoms in total. The molecule has 0 saturated heterocycles. The van der Waals surface area contributed by atoms with Crippen molar-refractivity contribution in [2.24, 2.45) is 0 Å². The van der Waals surface area contributed by atoms with Crippen molar-refractivity contribution in [1.82, 2.24) is 4.98 Å². The Balaban J connectivity index is 2.97. The minimum Gasteiger partial charge on any atom is -0.396 e. The number of aromatic nitrogens is 1. The molecule has 0 bridgehead atoms. The predicted octanol–water partition coefficient (Wildman–Crippen LogP) is 2.24. The summed E-state index contributed by atoms with van der Waals surface area (Å²) in [6, 6.07) is 1.06. The number of rotatable bonds is 4. The molecule has 1 aromatic heterocycles. The lowest BCUT2D eigenvalue weighted by atomic mass is 10.3. The maximum atomic E-state index is 13.5. The van der Waals surface area contributed by atoms with Gasteiger partial charge in [0.05, 0.1) is 6.57 Å². The summed E-state index contributed by atoms with van der Waals surface area (Å²) in [5, 5.41) is 8.65. The van der Waals surface area contributed by atoms with Gasteiger partial charge in [0.15, 0.2) is 11.6 Å². The van der Waals surface area contributed by atoms with Gasteiger partial charge in [-0.25, -0.2) is 14.2 Å². The third kappa shape index (κ3) is 2.81. The van der Waals surface area contributed by atoms with Crippen molar-refractivity contribution in [3.05, 3.63) is 28.5 Å². The summed E-state index contributed by atoms with van der Waals surface area (Å²) in [5.74, 6) is -0.498. The Labute approximate surface area is 98.1 Å². The molecule has 0 unspecified atom stereocenters. The van der Waals surface area contributed by atoms with E-state index in [4.69, 9.17) is 23.3 Å². The smallest absolute Gasteiger partial charge is 0.226 e. The van der Waals surface area contributed by atoms with Crippen LogP contribution in [0.3, 0.4) is 0 Å². The van der Waals surface area contributed by atoms with E-state index in [1.807, 2.05) is 0 Å². The van der Waals surface area contributed by atoms with Crippen molar-refractivity contribution in [2.75, 3.05) is 25.1 Å². The van der Waals surface area contributed by atoms with E-state index in [0.29, 0.717) is 13.0 Å². The van der Waals surface area contributed by atoms with Gasteiger partial charge in [0.1, 0.15) is 5.15 Å². The van der Waals surface area contributed by atoms with E-state index >= 15 is 0 Å². The molecule has 0 spiro atoms. The lowest BCUT2D eigenvalue weighted by Gasteiger charge is -2.18. The fourth-order valence-electron chi connectivity index (χ4n) is 1.21. The number of hydrogen-bond acceptors (Lipinski definition) is 3. The first-order valence-electron chi connectivity index (χ1n) is 4.65. The SMILES string of the molecule is [C-]#[N+]c1cc(F)c(N(C)CCCO)nc1Cl. The highest BCUT2D eigenvalue weighted by atomic mass is 35.5. The molecule has 0 aliphatic heterocycles. The summed E-state index contributed by atoms with van der Waals surface area (Å²) in [6.45, 7) is 7.25. The van der Waals surface area contributed by atoms with Crippen LogP contribution in [0, 0.1) is 12.4 Å². The Morgan fingerprint density at radius 2 is 2.38 bits per heavy atom. The zero-order chi connectivity index (χ0) is 12.1. The van der Waals surface area contributed by atoms with Gasteiger partial charge >= 0.3 is 0 Å².